The molecule has 3 heterocycles. The quantitative estimate of drug-likeness (QED) is 0.877. The number of para-hydroxylation sites is 1. The molecule has 0 radical (unpaired) electrons. The summed E-state index contributed by atoms with van der Waals surface area (Å²) in [6.07, 6.45) is 3.18. The molecular formula is C17H19ClN2O2. The molecule has 0 aliphatic carbocycles. The van der Waals surface area contributed by atoms with Crippen LogP contribution in [0.1, 0.15) is 35.4 Å². The zero-order chi connectivity index (χ0) is 15.3. The van der Waals surface area contributed by atoms with Crippen molar-refractivity contribution in [2.45, 2.75) is 38.3 Å². The minimum absolute atomic E-state index is 0.0148. The van der Waals surface area contributed by atoms with E-state index in [1.807, 2.05) is 24.0 Å². The van der Waals surface area contributed by atoms with Crippen LogP contribution in [0.4, 0.5) is 0 Å². The fourth-order valence-electron chi connectivity index (χ4n) is 3.84. The smallest absolute Gasteiger partial charge is 0.290 e. The van der Waals surface area contributed by atoms with Gasteiger partial charge in [-0.05, 0) is 38.8 Å². The minimum Gasteiger partial charge on any atom is -0.449 e. The third-order valence-electron chi connectivity index (χ3n) is 5.00. The van der Waals surface area contributed by atoms with Gasteiger partial charge in [0, 0.05) is 29.6 Å². The van der Waals surface area contributed by atoms with Crippen molar-refractivity contribution in [3.05, 3.63) is 34.5 Å². The number of hydrogen-bond donors (Lipinski definition) is 1. The first-order chi connectivity index (χ1) is 10.7. The minimum atomic E-state index is 0.0148. The second-order valence-electron chi connectivity index (χ2n) is 6.26. The molecule has 2 unspecified atom stereocenters. The molecule has 1 aromatic heterocycles. The number of amides is 1. The van der Waals surface area contributed by atoms with Crippen LogP contribution in [0.3, 0.4) is 0 Å². The Bertz CT molecular complexity index is 726. The van der Waals surface area contributed by atoms with Gasteiger partial charge in [-0.25, -0.2) is 0 Å². The van der Waals surface area contributed by atoms with Gasteiger partial charge in [0.05, 0.1) is 5.02 Å². The summed E-state index contributed by atoms with van der Waals surface area (Å²) in [7, 11) is 0. The lowest BCUT2D eigenvalue weighted by Crippen LogP contribution is -2.42. The summed E-state index contributed by atoms with van der Waals surface area (Å²) in [5.41, 5.74) is 1.50. The number of hydrogen-bond acceptors (Lipinski definition) is 3. The first kappa shape index (κ1) is 14.1. The van der Waals surface area contributed by atoms with Gasteiger partial charge in [0.1, 0.15) is 0 Å². The Labute approximate surface area is 134 Å². The third kappa shape index (κ3) is 2.05. The highest BCUT2D eigenvalue weighted by atomic mass is 35.5. The normalized spacial score (nSPS) is 24.7. The van der Waals surface area contributed by atoms with Crippen molar-refractivity contribution >= 4 is 28.5 Å². The summed E-state index contributed by atoms with van der Waals surface area (Å²) in [4.78, 5) is 15.1. The van der Waals surface area contributed by atoms with E-state index in [0.717, 1.165) is 43.3 Å². The van der Waals surface area contributed by atoms with Crippen molar-refractivity contribution in [1.29, 1.82) is 0 Å². The van der Waals surface area contributed by atoms with Crippen molar-refractivity contribution in [2.75, 3.05) is 13.1 Å². The molecule has 0 spiro atoms. The Morgan fingerprint density at radius 3 is 2.95 bits per heavy atom. The maximum Gasteiger partial charge on any atom is 0.290 e. The molecule has 2 saturated heterocycles. The van der Waals surface area contributed by atoms with E-state index in [1.165, 1.54) is 0 Å². The van der Waals surface area contributed by atoms with E-state index in [2.05, 4.69) is 5.32 Å². The molecule has 22 heavy (non-hydrogen) atoms. The van der Waals surface area contributed by atoms with Gasteiger partial charge in [-0.2, -0.15) is 0 Å². The molecule has 1 amide bonds. The molecule has 2 bridgehead atoms. The lowest BCUT2D eigenvalue weighted by Gasteiger charge is -2.27. The lowest BCUT2D eigenvalue weighted by atomic mass is 10.1. The molecule has 2 aromatic rings. The number of carbonyl (C=O) groups is 1. The zero-order valence-electron chi connectivity index (χ0n) is 12.6. The Morgan fingerprint density at radius 1 is 1.32 bits per heavy atom. The molecule has 2 aliphatic heterocycles. The lowest BCUT2D eigenvalue weighted by molar-refractivity contribution is 0.0649. The van der Waals surface area contributed by atoms with Crippen LogP contribution in [0.25, 0.3) is 11.0 Å². The van der Waals surface area contributed by atoms with Gasteiger partial charge in [0.2, 0.25) is 0 Å². The highest BCUT2D eigenvalue weighted by Crippen LogP contribution is 2.34. The van der Waals surface area contributed by atoms with Crippen LogP contribution in [-0.2, 0) is 0 Å². The Balaban J connectivity index is 1.77. The number of benzene rings is 1. The molecule has 4 nitrogen and oxygen atoms in total. The van der Waals surface area contributed by atoms with E-state index in [9.17, 15) is 4.79 Å². The molecule has 2 atom stereocenters. The maximum absolute atomic E-state index is 13.1. The van der Waals surface area contributed by atoms with Crippen LogP contribution in [-0.4, -0.2) is 36.0 Å². The first-order valence-electron chi connectivity index (χ1n) is 7.88. The Hall–Kier alpha value is -1.52. The standard InChI is InChI=1S/C17H19ClN2O2/c1-10-13-3-2-4-14(18)16(13)22-15(10)17(21)20-11-5-6-12(20)9-19-8-7-11/h2-4,11-12,19H,5-9H2,1H3. The molecule has 4 rings (SSSR count). The van der Waals surface area contributed by atoms with Crippen molar-refractivity contribution in [1.82, 2.24) is 10.2 Å². The zero-order valence-corrected chi connectivity index (χ0v) is 13.3. The number of fused-ring (bicyclic) bond motifs is 3. The molecule has 1 N–H and O–H groups in total. The van der Waals surface area contributed by atoms with E-state index in [4.69, 9.17) is 16.0 Å². The fraction of sp³-hybridized carbons (Fsp3) is 0.471. The van der Waals surface area contributed by atoms with Crippen molar-refractivity contribution in [3.63, 3.8) is 0 Å². The van der Waals surface area contributed by atoms with E-state index in [0.29, 0.717) is 22.4 Å². The number of furan rings is 1. The number of nitrogens with one attached hydrogen (secondary N) is 1. The molecule has 0 saturated carbocycles. The average molecular weight is 319 g/mol. The third-order valence-corrected chi connectivity index (χ3v) is 5.30. The maximum atomic E-state index is 13.1. The first-order valence-corrected chi connectivity index (χ1v) is 8.25. The monoisotopic (exact) mass is 318 g/mol. The Kier molecular flexibility index (Phi) is 3.39. The van der Waals surface area contributed by atoms with Gasteiger partial charge in [-0.3, -0.25) is 4.79 Å². The molecular weight excluding hydrogens is 300 g/mol. The highest BCUT2D eigenvalue weighted by Gasteiger charge is 2.40. The van der Waals surface area contributed by atoms with Crippen LogP contribution in [0.2, 0.25) is 5.02 Å². The van der Waals surface area contributed by atoms with Crippen molar-refractivity contribution in [2.24, 2.45) is 0 Å². The molecule has 116 valence electrons. The van der Waals surface area contributed by atoms with Crippen LogP contribution in [0.15, 0.2) is 22.6 Å². The SMILES string of the molecule is Cc1c(C(=O)N2C3CCNCC2CC3)oc2c(Cl)cccc12. The molecule has 1 aromatic carbocycles. The van der Waals surface area contributed by atoms with Gasteiger partial charge >= 0.3 is 0 Å². The van der Waals surface area contributed by atoms with Gasteiger partial charge in [-0.15, -0.1) is 0 Å². The number of aryl methyl sites for hydroxylation is 1. The summed E-state index contributed by atoms with van der Waals surface area (Å²) in [5.74, 6) is 0.461. The number of nitrogens with zero attached hydrogens (tertiary/aromatic N) is 1. The van der Waals surface area contributed by atoms with Gasteiger partial charge in [-0.1, -0.05) is 23.7 Å². The number of carbonyl (C=O) groups excluding carboxylic acids is 1. The van der Waals surface area contributed by atoms with E-state index >= 15 is 0 Å². The summed E-state index contributed by atoms with van der Waals surface area (Å²) < 4.78 is 5.87. The second-order valence-corrected chi connectivity index (χ2v) is 6.67. The van der Waals surface area contributed by atoms with Crippen LogP contribution >= 0.6 is 11.6 Å². The van der Waals surface area contributed by atoms with Gasteiger partial charge in [0.15, 0.2) is 11.3 Å². The van der Waals surface area contributed by atoms with Crippen LogP contribution in [0, 0.1) is 6.92 Å². The number of rotatable bonds is 1. The molecule has 2 fully saturated rings. The molecule has 5 heteroatoms. The highest BCUT2D eigenvalue weighted by molar-refractivity contribution is 6.35. The van der Waals surface area contributed by atoms with Crippen LogP contribution in [0.5, 0.6) is 0 Å². The summed E-state index contributed by atoms with van der Waals surface area (Å²) in [6.45, 7) is 3.80. The van der Waals surface area contributed by atoms with Crippen molar-refractivity contribution < 1.29 is 9.21 Å². The summed E-state index contributed by atoms with van der Waals surface area (Å²) >= 11 is 6.20. The predicted octanol–water partition coefficient (Wildman–Crippen LogP) is 3.36. The topological polar surface area (TPSA) is 45.5 Å². The van der Waals surface area contributed by atoms with Crippen LogP contribution < -0.4 is 5.32 Å². The average Bonchev–Trinajstić information content (AvgIpc) is 2.96. The van der Waals surface area contributed by atoms with E-state index in [-0.39, 0.29) is 11.9 Å². The van der Waals surface area contributed by atoms with Crippen molar-refractivity contribution in [3.8, 4) is 0 Å². The molecule has 2 aliphatic rings. The summed E-state index contributed by atoms with van der Waals surface area (Å²) in [5, 5.41) is 4.90. The number of halogens is 1. The fourth-order valence-corrected chi connectivity index (χ4v) is 4.06. The Morgan fingerprint density at radius 2 is 2.14 bits per heavy atom. The van der Waals surface area contributed by atoms with E-state index < -0.39 is 0 Å². The second kappa shape index (κ2) is 5.28. The largest absolute Gasteiger partial charge is 0.449 e. The van der Waals surface area contributed by atoms with Gasteiger partial charge < -0.3 is 14.6 Å². The predicted molar refractivity (Wildman–Crippen MR) is 86.4 cm³/mol. The van der Waals surface area contributed by atoms with Gasteiger partial charge in [0.25, 0.3) is 5.91 Å². The van der Waals surface area contributed by atoms with E-state index in [1.54, 1.807) is 6.07 Å². The summed E-state index contributed by atoms with van der Waals surface area (Å²) in [6, 6.07) is 6.25.